The second-order valence-corrected chi connectivity index (χ2v) is 4.71. The van der Waals surface area contributed by atoms with E-state index >= 15 is 0 Å². The summed E-state index contributed by atoms with van der Waals surface area (Å²) in [6.45, 7) is 0.362. The highest BCUT2D eigenvalue weighted by Gasteiger charge is 2.11. The summed E-state index contributed by atoms with van der Waals surface area (Å²) in [6.07, 6.45) is 1.66. The number of aryl methyl sites for hydroxylation is 1. The van der Waals surface area contributed by atoms with Gasteiger partial charge in [-0.3, -0.25) is 9.48 Å². The SMILES string of the molecule is Cn1nccc1CNC(=O)c1cc(Br)ccc1O. The topological polar surface area (TPSA) is 67.2 Å². The lowest BCUT2D eigenvalue weighted by Gasteiger charge is -2.07. The van der Waals surface area contributed by atoms with Gasteiger partial charge in [0, 0.05) is 17.7 Å². The number of carbonyl (C=O) groups excluding carboxylic acids is 1. The van der Waals surface area contributed by atoms with Crippen molar-refractivity contribution in [1.29, 1.82) is 0 Å². The number of hydrogen-bond acceptors (Lipinski definition) is 3. The smallest absolute Gasteiger partial charge is 0.255 e. The van der Waals surface area contributed by atoms with Gasteiger partial charge in [0.1, 0.15) is 5.75 Å². The molecule has 0 spiro atoms. The Morgan fingerprint density at radius 2 is 2.28 bits per heavy atom. The highest BCUT2D eigenvalue weighted by molar-refractivity contribution is 9.10. The van der Waals surface area contributed by atoms with Crippen LogP contribution in [0.5, 0.6) is 5.75 Å². The Morgan fingerprint density at radius 1 is 1.50 bits per heavy atom. The molecule has 1 aromatic carbocycles. The molecule has 5 nitrogen and oxygen atoms in total. The van der Waals surface area contributed by atoms with E-state index in [1.807, 2.05) is 6.07 Å². The molecule has 0 aliphatic heterocycles. The molecule has 0 aliphatic carbocycles. The van der Waals surface area contributed by atoms with Gasteiger partial charge in [-0.05, 0) is 24.3 Å². The van der Waals surface area contributed by atoms with E-state index in [9.17, 15) is 9.90 Å². The van der Waals surface area contributed by atoms with Gasteiger partial charge in [-0.25, -0.2) is 0 Å². The number of nitrogens with zero attached hydrogens (tertiary/aromatic N) is 2. The lowest BCUT2D eigenvalue weighted by molar-refractivity contribution is 0.0947. The molecule has 0 saturated heterocycles. The van der Waals surface area contributed by atoms with Crippen LogP contribution in [-0.4, -0.2) is 20.8 Å². The van der Waals surface area contributed by atoms with Crippen LogP contribution in [0.15, 0.2) is 34.9 Å². The van der Waals surface area contributed by atoms with Crippen LogP contribution < -0.4 is 5.32 Å². The number of nitrogens with one attached hydrogen (secondary N) is 1. The first-order valence-corrected chi connectivity index (χ1v) is 6.11. The van der Waals surface area contributed by atoms with Crippen LogP contribution in [-0.2, 0) is 13.6 Å². The normalized spacial score (nSPS) is 10.3. The fourth-order valence-electron chi connectivity index (χ4n) is 1.53. The van der Waals surface area contributed by atoms with E-state index in [1.54, 1.807) is 30.1 Å². The first-order chi connectivity index (χ1) is 8.58. The van der Waals surface area contributed by atoms with E-state index in [-0.39, 0.29) is 17.2 Å². The molecule has 1 amide bonds. The molecule has 0 bridgehead atoms. The Morgan fingerprint density at radius 3 is 2.94 bits per heavy atom. The Hall–Kier alpha value is -1.82. The van der Waals surface area contributed by atoms with E-state index in [1.165, 1.54) is 6.07 Å². The number of rotatable bonds is 3. The minimum atomic E-state index is -0.324. The second kappa shape index (κ2) is 5.22. The molecule has 0 unspecified atom stereocenters. The van der Waals surface area contributed by atoms with E-state index in [0.717, 1.165) is 10.2 Å². The van der Waals surface area contributed by atoms with Crippen molar-refractivity contribution in [1.82, 2.24) is 15.1 Å². The zero-order valence-corrected chi connectivity index (χ0v) is 11.3. The fourth-order valence-corrected chi connectivity index (χ4v) is 1.89. The van der Waals surface area contributed by atoms with Gasteiger partial charge in [0.15, 0.2) is 0 Å². The average Bonchev–Trinajstić information content (AvgIpc) is 2.75. The Balaban J connectivity index is 2.08. The summed E-state index contributed by atoms with van der Waals surface area (Å²) in [4.78, 5) is 11.9. The van der Waals surface area contributed by atoms with Crippen LogP contribution >= 0.6 is 15.9 Å². The third kappa shape index (κ3) is 2.70. The van der Waals surface area contributed by atoms with Crippen LogP contribution in [0.2, 0.25) is 0 Å². The highest BCUT2D eigenvalue weighted by Crippen LogP contribution is 2.21. The predicted octanol–water partition coefficient (Wildman–Crippen LogP) is 1.82. The third-order valence-corrected chi connectivity index (χ3v) is 3.05. The summed E-state index contributed by atoms with van der Waals surface area (Å²) in [7, 11) is 1.80. The molecule has 6 heteroatoms. The standard InChI is InChI=1S/C12H12BrN3O2/c1-16-9(4-5-15-16)7-14-12(18)10-6-8(13)2-3-11(10)17/h2-6,17H,7H2,1H3,(H,14,18). The maximum atomic E-state index is 11.9. The van der Waals surface area contributed by atoms with Crippen molar-refractivity contribution in [2.45, 2.75) is 6.54 Å². The molecule has 2 N–H and O–H groups in total. The maximum absolute atomic E-state index is 11.9. The lowest BCUT2D eigenvalue weighted by Crippen LogP contribution is -2.24. The number of halogens is 1. The van der Waals surface area contributed by atoms with Crippen LogP contribution in [0.1, 0.15) is 16.1 Å². The zero-order chi connectivity index (χ0) is 13.1. The molecular formula is C12H12BrN3O2. The van der Waals surface area contributed by atoms with Gasteiger partial charge < -0.3 is 10.4 Å². The number of phenols is 1. The predicted molar refractivity (Wildman–Crippen MR) is 70.2 cm³/mol. The van der Waals surface area contributed by atoms with Crippen LogP contribution in [0, 0.1) is 0 Å². The minimum Gasteiger partial charge on any atom is -0.507 e. The van der Waals surface area contributed by atoms with Crippen molar-refractivity contribution in [3.8, 4) is 5.75 Å². The molecule has 0 fully saturated rings. The van der Waals surface area contributed by atoms with E-state index in [4.69, 9.17) is 0 Å². The molecule has 1 heterocycles. The lowest BCUT2D eigenvalue weighted by atomic mass is 10.2. The Bertz CT molecular complexity index is 580. The van der Waals surface area contributed by atoms with Crippen LogP contribution in [0.3, 0.4) is 0 Å². The molecule has 0 aliphatic rings. The van der Waals surface area contributed by atoms with Crippen molar-refractivity contribution in [3.05, 3.63) is 46.2 Å². The van der Waals surface area contributed by atoms with E-state index in [2.05, 4.69) is 26.3 Å². The molecule has 2 rings (SSSR count). The average molecular weight is 310 g/mol. The molecule has 18 heavy (non-hydrogen) atoms. The van der Waals surface area contributed by atoms with Gasteiger partial charge in [-0.1, -0.05) is 15.9 Å². The first-order valence-electron chi connectivity index (χ1n) is 5.31. The Kier molecular flexibility index (Phi) is 3.66. The second-order valence-electron chi connectivity index (χ2n) is 3.79. The van der Waals surface area contributed by atoms with Gasteiger partial charge in [0.2, 0.25) is 0 Å². The summed E-state index contributed by atoms with van der Waals surface area (Å²) >= 11 is 3.26. The quantitative estimate of drug-likeness (QED) is 0.909. The molecule has 0 saturated carbocycles. The largest absolute Gasteiger partial charge is 0.507 e. The zero-order valence-electron chi connectivity index (χ0n) is 9.72. The fraction of sp³-hybridized carbons (Fsp3) is 0.167. The monoisotopic (exact) mass is 309 g/mol. The summed E-state index contributed by atoms with van der Waals surface area (Å²) in [6, 6.07) is 6.55. The molecule has 0 atom stereocenters. The number of amides is 1. The van der Waals surface area contributed by atoms with Crippen molar-refractivity contribution >= 4 is 21.8 Å². The molecular weight excluding hydrogens is 298 g/mol. The summed E-state index contributed by atoms with van der Waals surface area (Å²) in [5.41, 5.74) is 1.13. The number of benzene rings is 1. The third-order valence-electron chi connectivity index (χ3n) is 2.56. The summed E-state index contributed by atoms with van der Waals surface area (Å²) in [5.74, 6) is -0.365. The van der Waals surface area contributed by atoms with Crippen molar-refractivity contribution in [2.24, 2.45) is 7.05 Å². The summed E-state index contributed by atoms with van der Waals surface area (Å²) < 4.78 is 2.42. The molecule has 2 aromatic rings. The number of carbonyl (C=O) groups is 1. The first kappa shape index (κ1) is 12.6. The van der Waals surface area contributed by atoms with Gasteiger partial charge in [0.05, 0.1) is 17.8 Å². The minimum absolute atomic E-state index is 0.0410. The Labute approximate surface area is 113 Å². The highest BCUT2D eigenvalue weighted by atomic mass is 79.9. The van der Waals surface area contributed by atoms with Crippen molar-refractivity contribution in [3.63, 3.8) is 0 Å². The van der Waals surface area contributed by atoms with E-state index in [0.29, 0.717) is 6.54 Å². The maximum Gasteiger partial charge on any atom is 0.255 e. The van der Waals surface area contributed by atoms with E-state index < -0.39 is 0 Å². The molecule has 94 valence electrons. The molecule has 1 aromatic heterocycles. The number of phenolic OH excluding ortho intramolecular Hbond substituents is 1. The van der Waals surface area contributed by atoms with Gasteiger partial charge in [-0.15, -0.1) is 0 Å². The van der Waals surface area contributed by atoms with Gasteiger partial charge in [0.25, 0.3) is 5.91 Å². The van der Waals surface area contributed by atoms with Gasteiger partial charge in [-0.2, -0.15) is 5.10 Å². The van der Waals surface area contributed by atoms with Crippen molar-refractivity contribution < 1.29 is 9.90 Å². The van der Waals surface area contributed by atoms with Gasteiger partial charge >= 0.3 is 0 Å². The van der Waals surface area contributed by atoms with Crippen molar-refractivity contribution in [2.75, 3.05) is 0 Å². The summed E-state index contributed by atoms with van der Waals surface area (Å²) in [5, 5.41) is 16.4. The number of aromatic nitrogens is 2. The number of aromatic hydroxyl groups is 1. The molecule has 0 radical (unpaired) electrons. The number of hydrogen-bond donors (Lipinski definition) is 2. The van der Waals surface area contributed by atoms with Crippen LogP contribution in [0.25, 0.3) is 0 Å². The van der Waals surface area contributed by atoms with Crippen LogP contribution in [0.4, 0.5) is 0 Å².